The molecule has 0 saturated heterocycles. The number of hydrogen-bond donors (Lipinski definition) is 5. The van der Waals surface area contributed by atoms with Crippen LogP contribution >= 0.6 is 0 Å². The SMILES string of the molecule is CC(C)C[C@H](NC(=O)N(CCc1ccccc1)C[C@@H](O)[C@H](Cc1ccccc1)NC(=O)OCc1ccccc1)C(=O)N[C@H](C(N)=O)c1ccccc1. The second-order valence-corrected chi connectivity index (χ2v) is 13.1. The molecule has 0 aliphatic carbocycles. The summed E-state index contributed by atoms with van der Waals surface area (Å²) in [5.41, 5.74) is 8.84. The van der Waals surface area contributed by atoms with Crippen LogP contribution in [0.15, 0.2) is 121 Å². The lowest BCUT2D eigenvalue weighted by molar-refractivity contribution is -0.128. The van der Waals surface area contributed by atoms with Crippen molar-refractivity contribution in [2.24, 2.45) is 11.7 Å². The van der Waals surface area contributed by atoms with Crippen LogP contribution in [0.4, 0.5) is 9.59 Å². The number of amides is 5. The van der Waals surface area contributed by atoms with Crippen LogP contribution in [-0.4, -0.2) is 65.2 Å². The van der Waals surface area contributed by atoms with E-state index in [9.17, 15) is 24.3 Å². The Morgan fingerprint density at radius 2 is 1.27 bits per heavy atom. The van der Waals surface area contributed by atoms with Crippen LogP contribution in [0.3, 0.4) is 0 Å². The quantitative estimate of drug-likeness (QED) is 0.0989. The molecule has 0 saturated carbocycles. The maximum absolute atomic E-state index is 14.1. The van der Waals surface area contributed by atoms with E-state index in [4.69, 9.17) is 10.5 Å². The fraction of sp³-hybridized carbons (Fsp3) is 0.317. The molecule has 11 heteroatoms. The van der Waals surface area contributed by atoms with Gasteiger partial charge in [0.1, 0.15) is 18.7 Å². The number of aliphatic hydroxyl groups is 1. The van der Waals surface area contributed by atoms with Crippen LogP contribution in [0.25, 0.3) is 0 Å². The van der Waals surface area contributed by atoms with Crippen LogP contribution in [0, 0.1) is 5.92 Å². The molecule has 0 unspecified atom stereocenters. The molecule has 0 aromatic heterocycles. The normalized spacial score (nSPS) is 13.2. The summed E-state index contributed by atoms with van der Waals surface area (Å²) in [4.78, 5) is 54.5. The summed E-state index contributed by atoms with van der Waals surface area (Å²) in [7, 11) is 0. The molecule has 4 atom stereocenters. The molecule has 11 nitrogen and oxygen atoms in total. The van der Waals surface area contributed by atoms with E-state index in [-0.39, 0.29) is 38.5 Å². The molecular formula is C41H49N5O6. The summed E-state index contributed by atoms with van der Waals surface area (Å²) < 4.78 is 5.47. The molecule has 4 rings (SSSR count). The highest BCUT2D eigenvalue weighted by Crippen LogP contribution is 2.15. The Hall–Kier alpha value is -5.68. The molecule has 52 heavy (non-hydrogen) atoms. The number of urea groups is 1. The van der Waals surface area contributed by atoms with Crippen LogP contribution < -0.4 is 21.7 Å². The van der Waals surface area contributed by atoms with Gasteiger partial charge >= 0.3 is 12.1 Å². The Balaban J connectivity index is 1.53. The summed E-state index contributed by atoms with van der Waals surface area (Å²) in [5.74, 6) is -1.30. The van der Waals surface area contributed by atoms with Crippen molar-refractivity contribution in [2.75, 3.05) is 13.1 Å². The summed E-state index contributed by atoms with van der Waals surface area (Å²) in [6.07, 6.45) is -0.919. The van der Waals surface area contributed by atoms with E-state index in [2.05, 4.69) is 16.0 Å². The Bertz CT molecular complexity index is 1690. The number of nitrogens with zero attached hydrogens (tertiary/aromatic N) is 1. The van der Waals surface area contributed by atoms with E-state index in [1.54, 1.807) is 30.3 Å². The van der Waals surface area contributed by atoms with E-state index in [1.807, 2.05) is 105 Å². The van der Waals surface area contributed by atoms with Gasteiger partial charge in [-0.05, 0) is 47.4 Å². The zero-order chi connectivity index (χ0) is 37.3. The van der Waals surface area contributed by atoms with Gasteiger partial charge in [0, 0.05) is 6.54 Å². The summed E-state index contributed by atoms with van der Waals surface area (Å²) >= 11 is 0. The van der Waals surface area contributed by atoms with Crippen LogP contribution in [0.1, 0.15) is 48.6 Å². The molecule has 0 aliphatic rings. The van der Waals surface area contributed by atoms with Gasteiger partial charge in [-0.3, -0.25) is 9.59 Å². The molecule has 0 fully saturated rings. The number of primary amides is 1. The molecule has 0 bridgehead atoms. The van der Waals surface area contributed by atoms with Gasteiger partial charge in [-0.2, -0.15) is 0 Å². The van der Waals surface area contributed by atoms with Gasteiger partial charge in [-0.25, -0.2) is 9.59 Å². The third-order valence-corrected chi connectivity index (χ3v) is 8.51. The first-order valence-electron chi connectivity index (χ1n) is 17.5. The average Bonchev–Trinajstić information content (AvgIpc) is 3.15. The Kier molecular flexibility index (Phi) is 15.2. The molecule has 6 N–H and O–H groups in total. The molecule has 4 aromatic carbocycles. The molecule has 4 aromatic rings. The van der Waals surface area contributed by atoms with E-state index in [1.165, 1.54) is 4.90 Å². The van der Waals surface area contributed by atoms with Crippen LogP contribution in [-0.2, 0) is 33.8 Å². The van der Waals surface area contributed by atoms with Gasteiger partial charge < -0.3 is 36.4 Å². The van der Waals surface area contributed by atoms with Gasteiger partial charge in [0.15, 0.2) is 0 Å². The van der Waals surface area contributed by atoms with Crippen molar-refractivity contribution in [1.82, 2.24) is 20.9 Å². The maximum Gasteiger partial charge on any atom is 0.407 e. The third kappa shape index (κ3) is 12.9. The average molecular weight is 708 g/mol. The predicted molar refractivity (Wildman–Crippen MR) is 200 cm³/mol. The van der Waals surface area contributed by atoms with Crippen molar-refractivity contribution in [2.45, 2.75) is 63.9 Å². The van der Waals surface area contributed by atoms with Gasteiger partial charge in [0.25, 0.3) is 0 Å². The molecule has 0 heterocycles. The third-order valence-electron chi connectivity index (χ3n) is 8.51. The molecule has 5 amide bonds. The number of carbonyl (C=O) groups is 4. The number of alkyl carbamates (subject to hydrolysis) is 1. The van der Waals surface area contributed by atoms with Crippen molar-refractivity contribution in [3.8, 4) is 0 Å². The standard InChI is InChI=1S/C41H49N5O6/c1-29(2)25-35(39(49)45-37(38(42)48)33-21-13-6-14-22-33)43-40(50)46(24-23-30-15-7-3-8-16-30)27-36(47)34(26-31-17-9-4-10-18-31)44-41(51)52-28-32-19-11-5-12-20-32/h3-22,29,34-37,47H,23-28H2,1-2H3,(H2,42,48)(H,43,50)(H,44,51)(H,45,49)/t34-,35-,36+,37-/m0/s1. The van der Waals surface area contributed by atoms with Crippen LogP contribution in [0.2, 0.25) is 0 Å². The van der Waals surface area contributed by atoms with Crippen molar-refractivity contribution in [1.29, 1.82) is 0 Å². The molecule has 0 spiro atoms. The lowest BCUT2D eigenvalue weighted by atomic mass is 10.0. The van der Waals surface area contributed by atoms with Crippen molar-refractivity contribution < 1.29 is 29.0 Å². The second kappa shape index (κ2) is 20.2. The summed E-state index contributed by atoms with van der Waals surface area (Å²) in [5, 5.41) is 20.1. The lowest BCUT2D eigenvalue weighted by Crippen LogP contribution is -2.56. The minimum absolute atomic E-state index is 0.00418. The topological polar surface area (TPSA) is 163 Å². The van der Waals surface area contributed by atoms with E-state index in [0.29, 0.717) is 12.0 Å². The minimum atomic E-state index is -1.22. The Labute approximate surface area is 305 Å². The van der Waals surface area contributed by atoms with Gasteiger partial charge in [-0.1, -0.05) is 135 Å². The highest BCUT2D eigenvalue weighted by atomic mass is 16.5. The van der Waals surface area contributed by atoms with Gasteiger partial charge in [-0.15, -0.1) is 0 Å². The number of rotatable bonds is 18. The molecular weight excluding hydrogens is 658 g/mol. The number of nitrogens with one attached hydrogen (secondary N) is 3. The van der Waals surface area contributed by atoms with Crippen molar-refractivity contribution in [3.05, 3.63) is 144 Å². The van der Waals surface area contributed by atoms with Gasteiger partial charge in [0.2, 0.25) is 11.8 Å². The summed E-state index contributed by atoms with van der Waals surface area (Å²) in [6, 6.07) is 33.4. The van der Waals surface area contributed by atoms with Crippen LogP contribution in [0.5, 0.6) is 0 Å². The Morgan fingerprint density at radius 1 is 0.731 bits per heavy atom. The van der Waals surface area contributed by atoms with E-state index in [0.717, 1.165) is 16.7 Å². The lowest BCUT2D eigenvalue weighted by Gasteiger charge is -2.32. The zero-order valence-corrected chi connectivity index (χ0v) is 29.7. The van der Waals surface area contributed by atoms with Crippen molar-refractivity contribution in [3.63, 3.8) is 0 Å². The maximum atomic E-state index is 14.1. The van der Waals surface area contributed by atoms with E-state index < -0.39 is 48.2 Å². The molecule has 0 aliphatic heterocycles. The second-order valence-electron chi connectivity index (χ2n) is 13.1. The molecule has 0 radical (unpaired) electrons. The monoisotopic (exact) mass is 707 g/mol. The summed E-state index contributed by atoms with van der Waals surface area (Å²) in [6.45, 7) is 3.92. The number of nitrogens with two attached hydrogens (primary N) is 1. The minimum Gasteiger partial charge on any atom is -0.445 e. The highest BCUT2D eigenvalue weighted by molar-refractivity contribution is 5.92. The van der Waals surface area contributed by atoms with E-state index >= 15 is 0 Å². The fourth-order valence-corrected chi connectivity index (χ4v) is 5.76. The zero-order valence-electron chi connectivity index (χ0n) is 29.7. The number of ether oxygens (including phenoxy) is 1. The van der Waals surface area contributed by atoms with Crippen molar-refractivity contribution >= 4 is 23.9 Å². The first kappa shape index (κ1) is 39.1. The molecule has 274 valence electrons. The number of aliphatic hydroxyl groups excluding tert-OH is 1. The van der Waals surface area contributed by atoms with Gasteiger partial charge in [0.05, 0.1) is 18.7 Å². The predicted octanol–water partition coefficient (Wildman–Crippen LogP) is 4.90. The largest absolute Gasteiger partial charge is 0.445 e. The Morgan fingerprint density at radius 3 is 1.83 bits per heavy atom. The number of carbonyl (C=O) groups excluding carboxylic acids is 4. The fourth-order valence-electron chi connectivity index (χ4n) is 5.76. The first-order chi connectivity index (χ1) is 25.1. The first-order valence-corrected chi connectivity index (χ1v) is 17.5. The smallest absolute Gasteiger partial charge is 0.407 e. The highest BCUT2D eigenvalue weighted by Gasteiger charge is 2.31. The number of benzene rings is 4. The number of hydrogen-bond acceptors (Lipinski definition) is 6.